The molecule has 74 valence electrons. The minimum atomic E-state index is -1.81. The van der Waals surface area contributed by atoms with E-state index >= 15 is 0 Å². The van der Waals surface area contributed by atoms with Crippen molar-refractivity contribution in [1.82, 2.24) is 0 Å². The number of hydrogen-bond acceptors (Lipinski definition) is 3. The predicted octanol–water partition coefficient (Wildman–Crippen LogP) is 1.86. The monoisotopic (exact) mass is 197 g/mol. The Labute approximate surface area is 79.7 Å². The molecule has 1 aromatic rings. The van der Waals surface area contributed by atoms with Crippen LogP contribution in [0.25, 0.3) is 0 Å². The van der Waals surface area contributed by atoms with Crippen LogP contribution < -0.4 is 5.32 Å². The van der Waals surface area contributed by atoms with E-state index in [0.717, 1.165) is 0 Å². The molecule has 14 heavy (non-hydrogen) atoms. The Morgan fingerprint density at radius 2 is 2.07 bits per heavy atom. The quantitative estimate of drug-likeness (QED) is 0.592. The zero-order chi connectivity index (χ0) is 10.4. The molecule has 0 aromatic heterocycles. The van der Waals surface area contributed by atoms with Crippen molar-refractivity contribution in [2.45, 2.75) is 6.61 Å². The molecule has 1 aromatic carbocycles. The number of ether oxygens (including phenoxy) is 1. The maximum absolute atomic E-state index is 11.7. The number of rotatable bonds is 4. The first-order chi connectivity index (χ1) is 6.72. The van der Waals surface area contributed by atoms with Crippen LogP contribution in [-0.4, -0.2) is 12.6 Å². The van der Waals surface area contributed by atoms with Gasteiger partial charge in [0.1, 0.15) is 6.61 Å². The van der Waals surface area contributed by atoms with Gasteiger partial charge >= 0.3 is 6.22 Å². The fourth-order valence-corrected chi connectivity index (χ4v) is 0.905. The average molecular weight is 197 g/mol. The fraction of sp³-hybridized carbons (Fsp3) is 0.111. The molecule has 0 aliphatic rings. The van der Waals surface area contributed by atoms with Gasteiger partial charge in [0.25, 0.3) is 0 Å². The standard InChI is InChI=1S/C9H8FNO3/c10-9(13)14-5-7-1-3-8(4-2-7)11-6-12/h1-4,6H,5H2,(H,11,12). The second-order valence-electron chi connectivity index (χ2n) is 2.49. The lowest BCUT2D eigenvalue weighted by molar-refractivity contribution is -0.105. The third-order valence-corrected chi connectivity index (χ3v) is 1.53. The van der Waals surface area contributed by atoms with Crippen LogP contribution in [0.1, 0.15) is 5.56 Å². The Morgan fingerprint density at radius 1 is 1.43 bits per heavy atom. The molecular weight excluding hydrogens is 189 g/mol. The molecule has 1 amide bonds. The molecule has 0 radical (unpaired) electrons. The van der Waals surface area contributed by atoms with Crippen LogP contribution in [0.2, 0.25) is 0 Å². The lowest BCUT2D eigenvalue weighted by atomic mass is 10.2. The highest BCUT2D eigenvalue weighted by atomic mass is 19.1. The van der Waals surface area contributed by atoms with E-state index in [4.69, 9.17) is 0 Å². The molecule has 0 aliphatic carbocycles. The maximum Gasteiger partial charge on any atom is 0.495 e. The minimum absolute atomic E-state index is 0.114. The molecule has 1 rings (SSSR count). The van der Waals surface area contributed by atoms with Gasteiger partial charge in [-0.05, 0) is 17.7 Å². The SMILES string of the molecule is O=CNc1ccc(COC(=O)F)cc1. The lowest BCUT2D eigenvalue weighted by Gasteiger charge is -2.01. The van der Waals surface area contributed by atoms with Crippen molar-refractivity contribution >= 4 is 18.3 Å². The number of hydrogen-bond donors (Lipinski definition) is 1. The van der Waals surface area contributed by atoms with Gasteiger partial charge in [-0.15, -0.1) is 4.39 Å². The molecule has 1 N–H and O–H groups in total. The molecular formula is C9H8FNO3. The average Bonchev–Trinajstić information content (AvgIpc) is 2.17. The third kappa shape index (κ3) is 3.22. The van der Waals surface area contributed by atoms with E-state index in [0.29, 0.717) is 17.7 Å². The summed E-state index contributed by atoms with van der Waals surface area (Å²) in [5, 5.41) is 2.44. The van der Waals surface area contributed by atoms with E-state index in [1.807, 2.05) is 0 Å². The number of anilines is 1. The molecule has 0 atom stereocenters. The predicted molar refractivity (Wildman–Crippen MR) is 47.4 cm³/mol. The third-order valence-electron chi connectivity index (χ3n) is 1.53. The van der Waals surface area contributed by atoms with Crippen LogP contribution in [0.4, 0.5) is 14.9 Å². The number of carbonyl (C=O) groups excluding carboxylic acids is 2. The summed E-state index contributed by atoms with van der Waals surface area (Å²) in [6.07, 6.45) is -1.25. The van der Waals surface area contributed by atoms with Crippen molar-refractivity contribution in [2.24, 2.45) is 0 Å². The van der Waals surface area contributed by atoms with Gasteiger partial charge in [0, 0.05) is 5.69 Å². The van der Waals surface area contributed by atoms with E-state index in [1.165, 1.54) is 0 Å². The van der Waals surface area contributed by atoms with Gasteiger partial charge in [-0.1, -0.05) is 12.1 Å². The van der Waals surface area contributed by atoms with Crippen LogP contribution in [0.3, 0.4) is 0 Å². The van der Waals surface area contributed by atoms with Crippen molar-refractivity contribution in [2.75, 3.05) is 5.32 Å². The lowest BCUT2D eigenvalue weighted by Crippen LogP contribution is -1.97. The highest BCUT2D eigenvalue weighted by Crippen LogP contribution is 2.09. The Hall–Kier alpha value is -1.91. The Morgan fingerprint density at radius 3 is 2.57 bits per heavy atom. The van der Waals surface area contributed by atoms with Crippen molar-refractivity contribution in [3.05, 3.63) is 29.8 Å². The summed E-state index contributed by atoms with van der Waals surface area (Å²) in [4.78, 5) is 19.9. The van der Waals surface area contributed by atoms with Crippen molar-refractivity contribution in [3.63, 3.8) is 0 Å². The van der Waals surface area contributed by atoms with Gasteiger partial charge in [0.2, 0.25) is 6.41 Å². The number of carbonyl (C=O) groups is 2. The Balaban J connectivity index is 2.54. The molecule has 0 bridgehead atoms. The topological polar surface area (TPSA) is 55.4 Å². The summed E-state index contributed by atoms with van der Waals surface area (Å²) >= 11 is 0. The second kappa shape index (κ2) is 4.96. The van der Waals surface area contributed by atoms with Crippen molar-refractivity contribution in [1.29, 1.82) is 0 Å². The first-order valence-electron chi connectivity index (χ1n) is 3.84. The van der Waals surface area contributed by atoms with Crippen molar-refractivity contribution < 1.29 is 18.7 Å². The fourth-order valence-electron chi connectivity index (χ4n) is 0.905. The van der Waals surface area contributed by atoms with Crippen LogP contribution >= 0.6 is 0 Å². The normalized spacial score (nSPS) is 9.21. The van der Waals surface area contributed by atoms with E-state index in [9.17, 15) is 14.0 Å². The van der Waals surface area contributed by atoms with Gasteiger partial charge in [0.05, 0.1) is 0 Å². The first kappa shape index (κ1) is 10.2. The zero-order valence-corrected chi connectivity index (χ0v) is 7.20. The van der Waals surface area contributed by atoms with Gasteiger partial charge in [-0.25, -0.2) is 4.79 Å². The van der Waals surface area contributed by atoms with E-state index in [1.54, 1.807) is 24.3 Å². The van der Waals surface area contributed by atoms with Crippen LogP contribution in [-0.2, 0) is 16.1 Å². The van der Waals surface area contributed by atoms with Crippen molar-refractivity contribution in [3.8, 4) is 0 Å². The van der Waals surface area contributed by atoms with Crippen LogP contribution in [0.5, 0.6) is 0 Å². The first-order valence-corrected chi connectivity index (χ1v) is 3.84. The summed E-state index contributed by atoms with van der Waals surface area (Å²) in [6, 6.07) is 6.48. The number of halogens is 1. The highest BCUT2D eigenvalue weighted by molar-refractivity contribution is 5.71. The van der Waals surface area contributed by atoms with Gasteiger partial charge in [-0.3, -0.25) is 4.79 Å². The number of nitrogens with one attached hydrogen (secondary N) is 1. The largest absolute Gasteiger partial charge is 0.495 e. The smallest absolute Gasteiger partial charge is 0.435 e. The minimum Gasteiger partial charge on any atom is -0.435 e. The number of benzene rings is 1. The molecule has 0 aliphatic heterocycles. The molecule has 0 unspecified atom stereocenters. The molecule has 0 spiro atoms. The molecule has 4 nitrogen and oxygen atoms in total. The zero-order valence-electron chi connectivity index (χ0n) is 7.20. The van der Waals surface area contributed by atoms with E-state index < -0.39 is 6.22 Å². The Kier molecular flexibility index (Phi) is 3.60. The van der Waals surface area contributed by atoms with Gasteiger partial charge in [0.15, 0.2) is 0 Å². The van der Waals surface area contributed by atoms with Gasteiger partial charge in [-0.2, -0.15) is 0 Å². The maximum atomic E-state index is 11.7. The summed E-state index contributed by atoms with van der Waals surface area (Å²) in [7, 11) is 0. The summed E-state index contributed by atoms with van der Waals surface area (Å²) in [5.74, 6) is 0. The summed E-state index contributed by atoms with van der Waals surface area (Å²) in [5.41, 5.74) is 1.27. The summed E-state index contributed by atoms with van der Waals surface area (Å²) in [6.45, 7) is -0.114. The second-order valence-corrected chi connectivity index (χ2v) is 2.49. The molecule has 0 heterocycles. The number of amides is 1. The molecule has 5 heteroatoms. The molecule has 0 saturated carbocycles. The summed E-state index contributed by atoms with van der Waals surface area (Å²) < 4.78 is 15.8. The molecule has 0 saturated heterocycles. The van der Waals surface area contributed by atoms with Gasteiger partial charge < -0.3 is 10.1 Å². The molecule has 0 fully saturated rings. The van der Waals surface area contributed by atoms with Crippen LogP contribution in [0.15, 0.2) is 24.3 Å². The van der Waals surface area contributed by atoms with Crippen LogP contribution in [0, 0.1) is 0 Å². The van der Waals surface area contributed by atoms with E-state index in [2.05, 4.69) is 10.1 Å². The Bertz CT molecular complexity index is 323. The van der Waals surface area contributed by atoms with E-state index in [-0.39, 0.29) is 6.61 Å². The highest BCUT2D eigenvalue weighted by Gasteiger charge is 1.99.